The second-order valence-electron chi connectivity index (χ2n) is 4.90. The summed E-state index contributed by atoms with van der Waals surface area (Å²) in [6.07, 6.45) is 3.81. The maximum Gasteiger partial charge on any atom is 0.202 e. The molecule has 1 fully saturated rings. The van der Waals surface area contributed by atoms with Crippen LogP contribution in [-0.4, -0.2) is 15.4 Å². The lowest BCUT2D eigenvalue weighted by atomic mass is 9.92. The van der Waals surface area contributed by atoms with Gasteiger partial charge in [-0.2, -0.15) is 4.37 Å². The van der Waals surface area contributed by atoms with Crippen molar-refractivity contribution in [3.05, 3.63) is 5.82 Å². The first-order valence-electron chi connectivity index (χ1n) is 5.12. The topological polar surface area (TPSA) is 37.8 Å². The van der Waals surface area contributed by atoms with Crippen molar-refractivity contribution >= 4 is 16.7 Å². The highest BCUT2D eigenvalue weighted by atomic mass is 32.1. The van der Waals surface area contributed by atoms with Crippen LogP contribution in [0, 0.1) is 12.3 Å². The number of hydrogen-bond acceptors (Lipinski definition) is 4. The molecule has 2 rings (SSSR count). The molecule has 0 amide bonds. The van der Waals surface area contributed by atoms with Crippen LogP contribution in [0.2, 0.25) is 0 Å². The first kappa shape index (κ1) is 9.90. The van der Waals surface area contributed by atoms with Crippen molar-refractivity contribution in [3.8, 4) is 0 Å². The third kappa shape index (κ3) is 2.23. The summed E-state index contributed by atoms with van der Waals surface area (Å²) in [5.74, 6) is 0.870. The second kappa shape index (κ2) is 3.50. The molecule has 0 aromatic carbocycles. The predicted octanol–water partition coefficient (Wildman–Crippen LogP) is 2.84. The minimum atomic E-state index is 0.497. The van der Waals surface area contributed by atoms with Gasteiger partial charge in [0.25, 0.3) is 0 Å². The Bertz CT molecular complexity index is 319. The zero-order valence-electron chi connectivity index (χ0n) is 9.00. The molecule has 1 aromatic heterocycles. The van der Waals surface area contributed by atoms with Crippen LogP contribution in [0.3, 0.4) is 0 Å². The molecule has 4 heteroatoms. The minimum Gasteiger partial charge on any atom is -0.358 e. The van der Waals surface area contributed by atoms with Crippen molar-refractivity contribution < 1.29 is 0 Å². The third-order valence-electron chi connectivity index (χ3n) is 2.82. The monoisotopic (exact) mass is 211 g/mol. The number of aromatic nitrogens is 2. The van der Waals surface area contributed by atoms with E-state index >= 15 is 0 Å². The molecule has 14 heavy (non-hydrogen) atoms. The van der Waals surface area contributed by atoms with Gasteiger partial charge >= 0.3 is 0 Å². The zero-order chi connectivity index (χ0) is 10.2. The number of aryl methyl sites for hydroxylation is 1. The minimum absolute atomic E-state index is 0.497. The van der Waals surface area contributed by atoms with E-state index in [9.17, 15) is 0 Å². The summed E-state index contributed by atoms with van der Waals surface area (Å²) in [7, 11) is 0. The Hall–Kier alpha value is -0.640. The molecule has 0 bridgehead atoms. The van der Waals surface area contributed by atoms with Gasteiger partial charge in [0.2, 0.25) is 5.13 Å². The van der Waals surface area contributed by atoms with Crippen molar-refractivity contribution in [1.29, 1.82) is 0 Å². The third-order valence-corrected chi connectivity index (χ3v) is 3.56. The van der Waals surface area contributed by atoms with E-state index in [1.165, 1.54) is 30.8 Å². The summed E-state index contributed by atoms with van der Waals surface area (Å²) in [5.41, 5.74) is 0.497. The smallest absolute Gasteiger partial charge is 0.202 e. The SMILES string of the molecule is Cc1nsc(NC2CCC(C)(C)C2)n1. The molecule has 0 saturated heterocycles. The van der Waals surface area contributed by atoms with Gasteiger partial charge in [-0.15, -0.1) is 0 Å². The van der Waals surface area contributed by atoms with Gasteiger partial charge in [0.15, 0.2) is 0 Å². The molecule has 1 aliphatic carbocycles. The molecule has 1 aromatic rings. The van der Waals surface area contributed by atoms with Gasteiger partial charge < -0.3 is 5.32 Å². The van der Waals surface area contributed by atoms with Crippen LogP contribution in [0.4, 0.5) is 5.13 Å². The zero-order valence-corrected chi connectivity index (χ0v) is 9.82. The molecular formula is C10H17N3S. The van der Waals surface area contributed by atoms with Gasteiger partial charge in [0.1, 0.15) is 5.82 Å². The van der Waals surface area contributed by atoms with Crippen LogP contribution >= 0.6 is 11.5 Å². The van der Waals surface area contributed by atoms with E-state index in [-0.39, 0.29) is 0 Å². The Morgan fingerprint density at radius 3 is 2.79 bits per heavy atom. The molecular weight excluding hydrogens is 194 g/mol. The fourth-order valence-corrected chi connectivity index (χ4v) is 2.74. The summed E-state index contributed by atoms with van der Waals surface area (Å²) in [6, 6.07) is 0.595. The lowest BCUT2D eigenvalue weighted by Gasteiger charge is -2.17. The highest BCUT2D eigenvalue weighted by Crippen LogP contribution is 2.38. The van der Waals surface area contributed by atoms with Crippen molar-refractivity contribution in [2.45, 2.75) is 46.1 Å². The molecule has 3 nitrogen and oxygen atoms in total. The van der Waals surface area contributed by atoms with Crippen molar-refractivity contribution in [3.63, 3.8) is 0 Å². The molecule has 1 aliphatic rings. The fraction of sp³-hybridized carbons (Fsp3) is 0.800. The van der Waals surface area contributed by atoms with Gasteiger partial charge in [0.05, 0.1) is 0 Å². The molecule has 0 spiro atoms. The number of anilines is 1. The Labute approximate surface area is 89.1 Å². The molecule has 0 aliphatic heterocycles. The van der Waals surface area contributed by atoms with E-state index in [0.717, 1.165) is 11.0 Å². The lowest BCUT2D eigenvalue weighted by Crippen LogP contribution is -2.17. The van der Waals surface area contributed by atoms with E-state index in [1.54, 1.807) is 0 Å². The number of nitrogens with zero attached hydrogens (tertiary/aromatic N) is 2. The number of nitrogens with one attached hydrogen (secondary N) is 1. The maximum absolute atomic E-state index is 4.32. The van der Waals surface area contributed by atoms with Crippen LogP contribution in [0.15, 0.2) is 0 Å². The Kier molecular flexibility index (Phi) is 2.47. The van der Waals surface area contributed by atoms with E-state index in [1.807, 2.05) is 6.92 Å². The quantitative estimate of drug-likeness (QED) is 0.817. The average molecular weight is 211 g/mol. The van der Waals surface area contributed by atoms with Crippen LogP contribution in [-0.2, 0) is 0 Å². The van der Waals surface area contributed by atoms with Crippen LogP contribution in [0.25, 0.3) is 0 Å². The summed E-state index contributed by atoms with van der Waals surface area (Å²) < 4.78 is 4.16. The molecule has 1 saturated carbocycles. The van der Waals surface area contributed by atoms with Crippen molar-refractivity contribution in [2.75, 3.05) is 5.32 Å². The molecule has 1 N–H and O–H groups in total. The van der Waals surface area contributed by atoms with Crippen LogP contribution in [0.5, 0.6) is 0 Å². The van der Waals surface area contributed by atoms with Crippen molar-refractivity contribution in [2.24, 2.45) is 5.41 Å². The van der Waals surface area contributed by atoms with Gasteiger partial charge in [0, 0.05) is 17.6 Å². The Morgan fingerprint density at radius 2 is 2.29 bits per heavy atom. The summed E-state index contributed by atoms with van der Waals surface area (Å²) in [4.78, 5) is 4.32. The fourth-order valence-electron chi connectivity index (χ4n) is 2.09. The standard InChI is InChI=1S/C10H17N3S/c1-7-11-9(14-13-7)12-8-4-5-10(2,3)6-8/h8H,4-6H2,1-3H3,(H,11,12,13). The van der Waals surface area contributed by atoms with Crippen LogP contribution < -0.4 is 5.32 Å². The molecule has 1 heterocycles. The second-order valence-corrected chi connectivity index (χ2v) is 5.65. The maximum atomic E-state index is 4.32. The molecule has 0 radical (unpaired) electrons. The molecule has 78 valence electrons. The van der Waals surface area contributed by atoms with Crippen molar-refractivity contribution in [1.82, 2.24) is 9.36 Å². The largest absolute Gasteiger partial charge is 0.358 e. The highest BCUT2D eigenvalue weighted by Gasteiger charge is 2.31. The van der Waals surface area contributed by atoms with E-state index in [2.05, 4.69) is 28.5 Å². The molecule has 1 atom stereocenters. The Morgan fingerprint density at radius 1 is 1.50 bits per heavy atom. The summed E-state index contributed by atoms with van der Waals surface area (Å²) in [6.45, 7) is 6.60. The first-order chi connectivity index (χ1) is 6.55. The summed E-state index contributed by atoms with van der Waals surface area (Å²) in [5, 5.41) is 4.44. The average Bonchev–Trinajstić information content (AvgIpc) is 2.59. The number of hydrogen-bond donors (Lipinski definition) is 1. The van der Waals surface area contributed by atoms with Gasteiger partial charge in [-0.05, 0) is 31.6 Å². The van der Waals surface area contributed by atoms with Crippen LogP contribution in [0.1, 0.15) is 38.9 Å². The van der Waals surface area contributed by atoms with E-state index in [0.29, 0.717) is 11.5 Å². The predicted molar refractivity (Wildman–Crippen MR) is 59.7 cm³/mol. The number of rotatable bonds is 2. The normalized spacial score (nSPS) is 25.2. The van der Waals surface area contributed by atoms with Gasteiger partial charge in [-0.3, -0.25) is 0 Å². The van der Waals surface area contributed by atoms with E-state index < -0.39 is 0 Å². The summed E-state index contributed by atoms with van der Waals surface area (Å²) >= 11 is 1.46. The van der Waals surface area contributed by atoms with Gasteiger partial charge in [-0.1, -0.05) is 13.8 Å². The highest BCUT2D eigenvalue weighted by molar-refractivity contribution is 7.09. The Balaban J connectivity index is 1.94. The molecule has 1 unspecified atom stereocenters. The van der Waals surface area contributed by atoms with E-state index in [4.69, 9.17) is 0 Å². The lowest BCUT2D eigenvalue weighted by molar-refractivity contribution is 0.378. The first-order valence-corrected chi connectivity index (χ1v) is 5.89. The van der Waals surface area contributed by atoms with Gasteiger partial charge in [-0.25, -0.2) is 4.98 Å².